The molecule has 0 spiro atoms. The minimum Gasteiger partial charge on any atom is -0.496 e. The molecule has 166 valence electrons. The molecule has 1 heterocycles. The van der Waals surface area contributed by atoms with Crippen LogP contribution < -0.4 is 14.8 Å². The molecule has 0 saturated carbocycles. The highest BCUT2D eigenvalue weighted by Crippen LogP contribution is 2.30. The first-order valence-electron chi connectivity index (χ1n) is 10.3. The monoisotopic (exact) mass is 464 g/mol. The number of likely N-dealkylation sites (tertiary alicyclic amines) is 1. The van der Waals surface area contributed by atoms with E-state index in [4.69, 9.17) is 32.7 Å². The van der Waals surface area contributed by atoms with Gasteiger partial charge in [-0.15, -0.1) is 0 Å². The Morgan fingerprint density at radius 2 is 1.71 bits per heavy atom. The van der Waals surface area contributed by atoms with Gasteiger partial charge in [0.2, 0.25) is 5.91 Å². The van der Waals surface area contributed by atoms with Gasteiger partial charge in [0.1, 0.15) is 11.5 Å². The van der Waals surface area contributed by atoms with Crippen LogP contribution in [-0.2, 0) is 4.79 Å². The van der Waals surface area contributed by atoms with E-state index >= 15 is 0 Å². The molecule has 2 aromatic carbocycles. The third kappa shape index (κ3) is 5.83. The number of ether oxygens (including phenoxy) is 2. The minimum absolute atomic E-state index is 0.101. The lowest BCUT2D eigenvalue weighted by molar-refractivity contribution is -0.121. The molecule has 3 rings (SSSR count). The summed E-state index contributed by atoms with van der Waals surface area (Å²) in [6, 6.07) is 10.2. The van der Waals surface area contributed by atoms with E-state index in [1.54, 1.807) is 41.3 Å². The Hall–Kier alpha value is -2.44. The average Bonchev–Trinajstić information content (AvgIpc) is 2.78. The van der Waals surface area contributed by atoms with E-state index in [1.165, 1.54) is 7.11 Å². The van der Waals surface area contributed by atoms with E-state index in [-0.39, 0.29) is 17.7 Å². The van der Waals surface area contributed by atoms with Crippen LogP contribution in [0.1, 0.15) is 36.5 Å². The molecule has 0 atom stereocenters. The molecule has 6 nitrogen and oxygen atoms in total. The first-order valence-corrected chi connectivity index (χ1v) is 11.0. The maximum atomic E-state index is 12.9. The zero-order chi connectivity index (χ0) is 22.4. The average molecular weight is 465 g/mol. The lowest BCUT2D eigenvalue weighted by Crippen LogP contribution is -2.41. The van der Waals surface area contributed by atoms with Crippen LogP contribution in [0.25, 0.3) is 0 Å². The van der Waals surface area contributed by atoms with Crippen molar-refractivity contribution in [2.24, 2.45) is 5.92 Å². The van der Waals surface area contributed by atoms with Crippen LogP contribution in [-0.4, -0.2) is 43.5 Å². The number of benzene rings is 2. The lowest BCUT2D eigenvalue weighted by atomic mass is 9.95. The largest absolute Gasteiger partial charge is 0.496 e. The Morgan fingerprint density at radius 3 is 2.35 bits per heavy atom. The van der Waals surface area contributed by atoms with Crippen LogP contribution in [0, 0.1) is 5.92 Å². The van der Waals surface area contributed by atoms with Crippen molar-refractivity contribution in [1.82, 2.24) is 4.90 Å². The van der Waals surface area contributed by atoms with Gasteiger partial charge in [-0.05, 0) is 55.7 Å². The van der Waals surface area contributed by atoms with Crippen molar-refractivity contribution in [3.63, 3.8) is 0 Å². The molecule has 1 fully saturated rings. The SMILES string of the molecule is CCCOc1ccc(Cl)cc1NC(=O)C1CCN(C(=O)c2cc(Cl)ccc2OC)CC1. The second-order valence-corrected chi connectivity index (χ2v) is 8.26. The van der Waals surface area contributed by atoms with Crippen LogP contribution >= 0.6 is 23.2 Å². The number of hydrogen-bond donors (Lipinski definition) is 1. The highest BCUT2D eigenvalue weighted by atomic mass is 35.5. The van der Waals surface area contributed by atoms with Gasteiger partial charge in [0.15, 0.2) is 0 Å². The molecule has 1 aliphatic rings. The predicted molar refractivity (Wildman–Crippen MR) is 122 cm³/mol. The molecular weight excluding hydrogens is 439 g/mol. The second-order valence-electron chi connectivity index (χ2n) is 7.39. The molecule has 2 amide bonds. The predicted octanol–water partition coefficient (Wildman–Crippen LogP) is 5.28. The van der Waals surface area contributed by atoms with Crippen molar-refractivity contribution >= 4 is 40.7 Å². The number of nitrogens with zero attached hydrogens (tertiary/aromatic N) is 1. The first kappa shape index (κ1) is 23.2. The van der Waals surface area contributed by atoms with Gasteiger partial charge >= 0.3 is 0 Å². The third-order valence-electron chi connectivity index (χ3n) is 5.21. The van der Waals surface area contributed by atoms with Crippen LogP contribution in [0.3, 0.4) is 0 Å². The van der Waals surface area contributed by atoms with Crippen molar-refractivity contribution < 1.29 is 19.1 Å². The summed E-state index contributed by atoms with van der Waals surface area (Å²) in [5.41, 5.74) is 0.989. The van der Waals surface area contributed by atoms with Gasteiger partial charge in [0.25, 0.3) is 5.91 Å². The lowest BCUT2D eigenvalue weighted by Gasteiger charge is -2.31. The van der Waals surface area contributed by atoms with E-state index in [0.717, 1.165) is 6.42 Å². The quantitative estimate of drug-likeness (QED) is 0.604. The molecule has 0 bridgehead atoms. The number of nitrogens with one attached hydrogen (secondary N) is 1. The number of halogens is 2. The maximum Gasteiger partial charge on any atom is 0.257 e. The molecule has 8 heteroatoms. The van der Waals surface area contributed by atoms with Crippen LogP contribution in [0.15, 0.2) is 36.4 Å². The Labute approximate surface area is 192 Å². The Balaban J connectivity index is 1.62. The fourth-order valence-corrected chi connectivity index (χ4v) is 3.88. The van der Waals surface area contributed by atoms with Gasteiger partial charge in [-0.3, -0.25) is 9.59 Å². The fraction of sp³-hybridized carbons (Fsp3) is 0.391. The Bertz CT molecular complexity index is 943. The smallest absolute Gasteiger partial charge is 0.257 e. The zero-order valence-electron chi connectivity index (χ0n) is 17.6. The number of anilines is 1. The second kappa shape index (κ2) is 10.7. The standard InChI is InChI=1S/C23H26Cl2N2O4/c1-3-12-31-21-7-5-17(25)14-19(21)26-22(28)15-8-10-27(11-9-15)23(29)18-13-16(24)4-6-20(18)30-2/h4-7,13-15H,3,8-12H2,1-2H3,(H,26,28). The normalized spacial score (nSPS) is 14.3. The number of amides is 2. The van der Waals surface area contributed by atoms with Gasteiger partial charge in [0, 0.05) is 29.1 Å². The summed E-state index contributed by atoms with van der Waals surface area (Å²) in [7, 11) is 1.52. The molecule has 0 unspecified atom stereocenters. The number of carbonyl (C=O) groups is 2. The van der Waals surface area contributed by atoms with Gasteiger partial charge < -0.3 is 19.7 Å². The number of rotatable bonds is 7. The fourth-order valence-electron chi connectivity index (χ4n) is 3.54. The van der Waals surface area contributed by atoms with Crippen molar-refractivity contribution in [3.8, 4) is 11.5 Å². The van der Waals surface area contributed by atoms with Crippen molar-refractivity contribution in [1.29, 1.82) is 0 Å². The van der Waals surface area contributed by atoms with Crippen LogP contribution in [0.2, 0.25) is 10.0 Å². The number of methoxy groups -OCH3 is 1. The Morgan fingerprint density at radius 1 is 1.06 bits per heavy atom. The summed E-state index contributed by atoms with van der Waals surface area (Å²) in [6.07, 6.45) is 1.98. The molecular formula is C23H26Cl2N2O4. The van der Waals surface area contributed by atoms with E-state index in [0.29, 0.717) is 65.3 Å². The van der Waals surface area contributed by atoms with Gasteiger partial charge in [-0.25, -0.2) is 0 Å². The van der Waals surface area contributed by atoms with Crippen LogP contribution in [0.4, 0.5) is 5.69 Å². The summed E-state index contributed by atoms with van der Waals surface area (Å²) in [5.74, 6) is 0.623. The Kier molecular flexibility index (Phi) is 8.04. The molecule has 2 aromatic rings. The highest BCUT2D eigenvalue weighted by Gasteiger charge is 2.29. The van der Waals surface area contributed by atoms with E-state index < -0.39 is 0 Å². The molecule has 1 saturated heterocycles. The summed E-state index contributed by atoms with van der Waals surface area (Å²) >= 11 is 12.2. The van der Waals surface area contributed by atoms with Gasteiger partial charge in [-0.2, -0.15) is 0 Å². The molecule has 1 N–H and O–H groups in total. The first-order chi connectivity index (χ1) is 14.9. The zero-order valence-corrected chi connectivity index (χ0v) is 19.1. The minimum atomic E-state index is -0.205. The van der Waals surface area contributed by atoms with Crippen molar-refractivity contribution in [2.45, 2.75) is 26.2 Å². The summed E-state index contributed by atoms with van der Waals surface area (Å²) in [5, 5.41) is 3.94. The summed E-state index contributed by atoms with van der Waals surface area (Å²) < 4.78 is 11.0. The number of piperidine rings is 1. The van der Waals surface area contributed by atoms with E-state index in [1.807, 2.05) is 6.92 Å². The molecule has 1 aliphatic heterocycles. The summed E-state index contributed by atoms with van der Waals surface area (Å²) in [6.45, 7) is 3.52. The number of carbonyl (C=O) groups excluding carboxylic acids is 2. The van der Waals surface area contributed by atoms with E-state index in [9.17, 15) is 9.59 Å². The van der Waals surface area contributed by atoms with Crippen molar-refractivity contribution in [3.05, 3.63) is 52.0 Å². The van der Waals surface area contributed by atoms with E-state index in [2.05, 4.69) is 5.32 Å². The van der Waals surface area contributed by atoms with Crippen LogP contribution in [0.5, 0.6) is 11.5 Å². The molecule has 0 radical (unpaired) electrons. The van der Waals surface area contributed by atoms with Gasteiger partial charge in [-0.1, -0.05) is 30.1 Å². The number of hydrogen-bond acceptors (Lipinski definition) is 4. The maximum absolute atomic E-state index is 12.9. The third-order valence-corrected chi connectivity index (χ3v) is 5.68. The highest BCUT2D eigenvalue weighted by molar-refractivity contribution is 6.31. The van der Waals surface area contributed by atoms with Gasteiger partial charge in [0.05, 0.1) is 25.0 Å². The molecule has 0 aliphatic carbocycles. The molecule has 0 aromatic heterocycles. The van der Waals surface area contributed by atoms with Crippen molar-refractivity contribution in [2.75, 3.05) is 32.1 Å². The topological polar surface area (TPSA) is 67.9 Å². The summed E-state index contributed by atoms with van der Waals surface area (Å²) in [4.78, 5) is 27.5. The molecule has 31 heavy (non-hydrogen) atoms.